The fourth-order valence-corrected chi connectivity index (χ4v) is 2.89. The second kappa shape index (κ2) is 9.38. The Balaban J connectivity index is 2.19. The van der Waals surface area contributed by atoms with Gasteiger partial charge in [0, 0.05) is 7.05 Å². The molecule has 2 saturated heterocycles. The second-order valence-corrected chi connectivity index (χ2v) is 6.29. The number of hydrogen-bond acceptors (Lipinski definition) is 11. The molecule has 0 aliphatic carbocycles. The van der Waals surface area contributed by atoms with Crippen molar-refractivity contribution in [1.82, 2.24) is 10.6 Å². The van der Waals surface area contributed by atoms with Crippen LogP contribution in [0.3, 0.4) is 0 Å². The van der Waals surface area contributed by atoms with Crippen LogP contribution in [0, 0.1) is 0 Å². The van der Waals surface area contributed by atoms with E-state index < -0.39 is 80.6 Å². The van der Waals surface area contributed by atoms with Gasteiger partial charge in [-0.05, 0) is 0 Å². The van der Waals surface area contributed by atoms with Gasteiger partial charge in [-0.2, -0.15) is 0 Å². The molecule has 2 aliphatic rings. The number of hydrogen-bond donors (Lipinski definition) is 9. The first-order valence-electron chi connectivity index (χ1n) is 8.31. The lowest BCUT2D eigenvalue weighted by molar-refractivity contribution is -0.362. The summed E-state index contributed by atoms with van der Waals surface area (Å²) in [6.45, 7) is -1.36. The van der Waals surface area contributed by atoms with Crippen molar-refractivity contribution in [3.63, 3.8) is 0 Å². The van der Waals surface area contributed by atoms with E-state index in [0.29, 0.717) is 0 Å². The Kier molecular flexibility index (Phi) is 7.70. The lowest BCUT2D eigenvalue weighted by Gasteiger charge is -2.45. The first kappa shape index (κ1) is 22.2. The molecule has 0 unspecified atom stereocenters. The van der Waals surface area contributed by atoms with Crippen LogP contribution in [-0.2, 0) is 14.2 Å². The number of ether oxygens (including phenoxy) is 3. The predicted molar refractivity (Wildman–Crippen MR) is 84.0 cm³/mol. The SMILES string of the molecule is CNC(=O)N[C@H]1[C@@H](O[C@H]2O[C@H](CO)[C@@H](O)[C@H](O)[C@H]2O)O[C@H](CO)[C@@H](O)[C@@H]1O. The molecular weight excluding hydrogens is 372 g/mol. The van der Waals surface area contributed by atoms with Crippen molar-refractivity contribution in [2.75, 3.05) is 20.3 Å². The van der Waals surface area contributed by atoms with Gasteiger partial charge in [-0.1, -0.05) is 0 Å². The van der Waals surface area contributed by atoms with Gasteiger partial charge < -0.3 is 60.6 Å². The first-order chi connectivity index (χ1) is 12.7. The fraction of sp³-hybridized carbons (Fsp3) is 0.929. The monoisotopic (exact) mass is 398 g/mol. The highest BCUT2D eigenvalue weighted by atomic mass is 16.8. The summed E-state index contributed by atoms with van der Waals surface area (Å²) in [4.78, 5) is 11.6. The molecule has 10 atom stereocenters. The quantitative estimate of drug-likeness (QED) is 0.213. The third kappa shape index (κ3) is 4.65. The van der Waals surface area contributed by atoms with E-state index in [1.54, 1.807) is 0 Å². The highest BCUT2D eigenvalue weighted by Crippen LogP contribution is 2.28. The van der Waals surface area contributed by atoms with Gasteiger partial charge in [0.05, 0.1) is 13.2 Å². The average molecular weight is 398 g/mol. The minimum atomic E-state index is -1.75. The van der Waals surface area contributed by atoms with E-state index in [9.17, 15) is 40.5 Å². The van der Waals surface area contributed by atoms with Gasteiger partial charge in [-0.3, -0.25) is 0 Å². The molecule has 158 valence electrons. The zero-order valence-electron chi connectivity index (χ0n) is 14.5. The zero-order valence-corrected chi connectivity index (χ0v) is 14.5. The van der Waals surface area contributed by atoms with E-state index in [1.807, 2.05) is 0 Å². The third-order valence-electron chi connectivity index (χ3n) is 4.52. The van der Waals surface area contributed by atoms with Gasteiger partial charge >= 0.3 is 6.03 Å². The van der Waals surface area contributed by atoms with Crippen LogP contribution in [0.4, 0.5) is 4.79 Å². The number of aliphatic hydroxyl groups excluding tert-OH is 7. The lowest BCUT2D eigenvalue weighted by Crippen LogP contribution is -2.67. The van der Waals surface area contributed by atoms with Crippen molar-refractivity contribution >= 4 is 6.03 Å². The van der Waals surface area contributed by atoms with E-state index in [1.165, 1.54) is 7.05 Å². The van der Waals surface area contributed by atoms with Crippen molar-refractivity contribution in [3.8, 4) is 0 Å². The molecule has 2 heterocycles. The zero-order chi connectivity index (χ0) is 20.3. The molecule has 27 heavy (non-hydrogen) atoms. The Labute approximate surface area is 154 Å². The van der Waals surface area contributed by atoms with E-state index in [-0.39, 0.29) is 0 Å². The molecule has 13 nitrogen and oxygen atoms in total. The fourth-order valence-electron chi connectivity index (χ4n) is 2.89. The Hall–Kier alpha value is -1.13. The van der Waals surface area contributed by atoms with Crippen LogP contribution < -0.4 is 10.6 Å². The third-order valence-corrected chi connectivity index (χ3v) is 4.52. The first-order valence-corrected chi connectivity index (χ1v) is 8.31. The predicted octanol–water partition coefficient (Wildman–Crippen LogP) is -5.46. The normalized spacial score (nSPS) is 45.3. The van der Waals surface area contributed by atoms with Gasteiger partial charge in [-0.25, -0.2) is 4.79 Å². The van der Waals surface area contributed by atoms with E-state index in [0.717, 1.165) is 0 Å². The average Bonchev–Trinajstić information content (AvgIpc) is 2.67. The van der Waals surface area contributed by atoms with Crippen LogP contribution >= 0.6 is 0 Å². The highest BCUT2D eigenvalue weighted by molar-refractivity contribution is 5.73. The molecule has 0 radical (unpaired) electrons. The summed E-state index contributed by atoms with van der Waals surface area (Å²) in [6.07, 6.45) is -13.9. The number of rotatable bonds is 5. The number of carbonyl (C=O) groups excluding carboxylic acids is 1. The molecule has 13 heteroatoms. The minimum Gasteiger partial charge on any atom is -0.394 e. The Morgan fingerprint density at radius 3 is 1.89 bits per heavy atom. The number of carbonyl (C=O) groups is 1. The number of amides is 2. The van der Waals surface area contributed by atoms with Gasteiger partial charge in [0.15, 0.2) is 12.6 Å². The minimum absolute atomic E-state index is 0.681. The van der Waals surface area contributed by atoms with Gasteiger partial charge in [0.2, 0.25) is 0 Å². The van der Waals surface area contributed by atoms with Crippen molar-refractivity contribution < 1.29 is 54.8 Å². The molecule has 2 aliphatic heterocycles. The maximum atomic E-state index is 11.6. The Morgan fingerprint density at radius 1 is 0.852 bits per heavy atom. The smallest absolute Gasteiger partial charge is 0.315 e. The lowest BCUT2D eigenvalue weighted by atomic mass is 9.96. The molecule has 9 N–H and O–H groups in total. The molecule has 0 aromatic heterocycles. The van der Waals surface area contributed by atoms with Crippen LogP contribution in [0.1, 0.15) is 0 Å². The number of aliphatic hydroxyl groups is 7. The van der Waals surface area contributed by atoms with Crippen LogP contribution in [-0.4, -0.2) is 123 Å². The molecule has 2 fully saturated rings. The van der Waals surface area contributed by atoms with E-state index in [4.69, 9.17) is 14.2 Å². The summed E-state index contributed by atoms with van der Waals surface area (Å²) >= 11 is 0. The summed E-state index contributed by atoms with van der Waals surface area (Å²) < 4.78 is 15.9. The Morgan fingerprint density at radius 2 is 1.37 bits per heavy atom. The van der Waals surface area contributed by atoms with Crippen LogP contribution in [0.2, 0.25) is 0 Å². The van der Waals surface area contributed by atoms with Crippen LogP contribution in [0.25, 0.3) is 0 Å². The molecule has 0 aromatic rings. The van der Waals surface area contributed by atoms with E-state index in [2.05, 4.69) is 10.6 Å². The summed E-state index contributed by atoms with van der Waals surface area (Å²) in [5.74, 6) is 0. The van der Waals surface area contributed by atoms with Crippen LogP contribution in [0.15, 0.2) is 0 Å². The summed E-state index contributed by atoms with van der Waals surface area (Å²) in [5.41, 5.74) is 0. The van der Waals surface area contributed by atoms with Crippen molar-refractivity contribution in [3.05, 3.63) is 0 Å². The van der Waals surface area contributed by atoms with Crippen molar-refractivity contribution in [2.24, 2.45) is 0 Å². The van der Waals surface area contributed by atoms with Gasteiger partial charge in [-0.15, -0.1) is 0 Å². The molecule has 0 saturated carbocycles. The number of nitrogens with one attached hydrogen (secondary N) is 2. The summed E-state index contributed by atoms with van der Waals surface area (Å²) in [7, 11) is 1.31. The molecular formula is C14H26N2O11. The maximum absolute atomic E-state index is 11.6. The van der Waals surface area contributed by atoms with Gasteiger partial charge in [0.25, 0.3) is 0 Å². The van der Waals surface area contributed by atoms with Crippen LogP contribution in [0.5, 0.6) is 0 Å². The highest BCUT2D eigenvalue weighted by Gasteiger charge is 2.50. The standard InChI is InChI=1S/C14H26N2O11/c1-15-14(24)16-6-9(21)7(19)4(2-17)25-12(6)27-13-11(23)10(22)8(20)5(3-18)26-13/h4-13,17-23H,2-3H2,1H3,(H2,15,16,24)/t4-,5-,6-,7-,8-,9-,10+,11-,12-,13-/m1/s1. The largest absolute Gasteiger partial charge is 0.394 e. The topological polar surface area (TPSA) is 210 Å². The molecule has 2 amide bonds. The second-order valence-electron chi connectivity index (χ2n) is 6.29. The number of urea groups is 1. The van der Waals surface area contributed by atoms with Gasteiger partial charge in [0.1, 0.15) is 48.8 Å². The Bertz CT molecular complexity index is 496. The van der Waals surface area contributed by atoms with Crippen molar-refractivity contribution in [1.29, 1.82) is 0 Å². The van der Waals surface area contributed by atoms with Crippen molar-refractivity contribution in [2.45, 2.75) is 61.3 Å². The summed E-state index contributed by atoms with van der Waals surface area (Å²) in [6, 6.07) is -2.07. The summed E-state index contributed by atoms with van der Waals surface area (Å²) in [5, 5.41) is 72.9. The maximum Gasteiger partial charge on any atom is 0.315 e. The molecule has 0 spiro atoms. The van der Waals surface area contributed by atoms with E-state index >= 15 is 0 Å². The molecule has 0 aromatic carbocycles. The molecule has 0 bridgehead atoms. The molecule has 2 rings (SSSR count).